The summed E-state index contributed by atoms with van der Waals surface area (Å²) < 4.78 is 6.18. The van der Waals surface area contributed by atoms with Crippen LogP contribution in [-0.2, 0) is 4.79 Å². The fraction of sp³-hybridized carbons (Fsp3) is 0.308. The number of carbonyl (C=O) groups excluding carboxylic acids is 1. The van der Waals surface area contributed by atoms with E-state index >= 15 is 0 Å². The Hall–Kier alpha value is -1.33. The van der Waals surface area contributed by atoms with E-state index in [9.17, 15) is 4.79 Å². The van der Waals surface area contributed by atoms with Crippen molar-refractivity contribution in [2.75, 3.05) is 11.9 Å². The summed E-state index contributed by atoms with van der Waals surface area (Å²) in [5.41, 5.74) is 1.58. The van der Waals surface area contributed by atoms with Gasteiger partial charge in [-0.3, -0.25) is 4.79 Å². The largest absolute Gasteiger partial charge is 0.463 e. The fourth-order valence-corrected chi connectivity index (χ4v) is 2.82. The predicted molar refractivity (Wildman–Crippen MR) is 73.6 cm³/mol. The molecule has 1 atom stereocenters. The summed E-state index contributed by atoms with van der Waals surface area (Å²) in [5, 5.41) is 7.09. The molecule has 94 valence electrons. The molecule has 2 heterocycles. The zero-order valence-corrected chi connectivity index (χ0v) is 11.3. The van der Waals surface area contributed by atoms with Gasteiger partial charge in [-0.2, -0.15) is 0 Å². The first-order valence-electron chi connectivity index (χ1n) is 5.95. The van der Waals surface area contributed by atoms with Crippen LogP contribution in [0.2, 0.25) is 0 Å². The summed E-state index contributed by atoms with van der Waals surface area (Å²) >= 11 is 3.44. The van der Waals surface area contributed by atoms with Crippen molar-refractivity contribution in [2.24, 2.45) is 0 Å². The highest BCUT2D eigenvalue weighted by molar-refractivity contribution is 9.10. The number of nitrogens with one attached hydrogen (secondary N) is 2. The third-order valence-electron chi connectivity index (χ3n) is 3.15. The number of fused-ring (bicyclic) bond motifs is 1. The molecule has 1 aromatic carbocycles. The van der Waals surface area contributed by atoms with Gasteiger partial charge >= 0.3 is 0 Å². The molecule has 18 heavy (non-hydrogen) atoms. The monoisotopic (exact) mass is 308 g/mol. The van der Waals surface area contributed by atoms with Gasteiger partial charge in [0.1, 0.15) is 5.58 Å². The Kier molecular flexibility index (Phi) is 3.09. The lowest BCUT2D eigenvalue weighted by Gasteiger charge is -2.11. The minimum absolute atomic E-state index is 0.0299. The summed E-state index contributed by atoms with van der Waals surface area (Å²) in [6, 6.07) is 5.59. The molecule has 1 aromatic heterocycles. The molecule has 0 unspecified atom stereocenters. The first-order chi connectivity index (χ1) is 8.74. The number of halogens is 1. The van der Waals surface area contributed by atoms with Crippen LogP contribution in [0.5, 0.6) is 0 Å². The van der Waals surface area contributed by atoms with Gasteiger partial charge in [0.25, 0.3) is 0 Å². The van der Waals surface area contributed by atoms with Crippen LogP contribution in [0.15, 0.2) is 33.4 Å². The molecule has 1 fully saturated rings. The van der Waals surface area contributed by atoms with Gasteiger partial charge in [-0.1, -0.05) is 0 Å². The first-order valence-corrected chi connectivity index (χ1v) is 6.74. The fourth-order valence-electron chi connectivity index (χ4n) is 2.25. The van der Waals surface area contributed by atoms with E-state index in [1.165, 1.54) is 0 Å². The molecule has 4 nitrogen and oxygen atoms in total. The Morgan fingerprint density at radius 3 is 3.17 bits per heavy atom. The molecular formula is C13H13BrN2O2. The van der Waals surface area contributed by atoms with Crippen molar-refractivity contribution in [1.82, 2.24) is 5.32 Å². The van der Waals surface area contributed by atoms with Crippen molar-refractivity contribution in [1.29, 1.82) is 0 Å². The predicted octanol–water partition coefficient (Wildman–Crippen LogP) is 2.89. The van der Waals surface area contributed by atoms with E-state index < -0.39 is 0 Å². The molecule has 0 radical (unpaired) electrons. The highest BCUT2D eigenvalue weighted by Gasteiger charge is 2.22. The Morgan fingerprint density at radius 1 is 1.50 bits per heavy atom. The maximum absolute atomic E-state index is 12.0. The van der Waals surface area contributed by atoms with Crippen LogP contribution >= 0.6 is 15.9 Å². The molecule has 2 N–H and O–H groups in total. The Morgan fingerprint density at radius 2 is 2.39 bits per heavy atom. The van der Waals surface area contributed by atoms with Crippen molar-refractivity contribution in [3.8, 4) is 0 Å². The van der Waals surface area contributed by atoms with Crippen molar-refractivity contribution < 1.29 is 9.21 Å². The third kappa shape index (κ3) is 2.15. The van der Waals surface area contributed by atoms with Crippen molar-refractivity contribution in [2.45, 2.75) is 18.9 Å². The van der Waals surface area contributed by atoms with Gasteiger partial charge < -0.3 is 15.1 Å². The number of anilines is 1. The summed E-state index contributed by atoms with van der Waals surface area (Å²) in [6.45, 7) is 0.919. The maximum Gasteiger partial charge on any atom is 0.241 e. The average molecular weight is 309 g/mol. The minimum Gasteiger partial charge on any atom is -0.463 e. The number of rotatable bonds is 2. The SMILES string of the molecule is O=C(Nc1cc(Br)c2occc2c1)[C@H]1CCCN1. The van der Waals surface area contributed by atoms with Crippen LogP contribution in [0.3, 0.4) is 0 Å². The van der Waals surface area contributed by atoms with Crippen molar-refractivity contribution in [3.63, 3.8) is 0 Å². The topological polar surface area (TPSA) is 54.3 Å². The van der Waals surface area contributed by atoms with Gasteiger partial charge in [0, 0.05) is 11.1 Å². The van der Waals surface area contributed by atoms with E-state index in [4.69, 9.17) is 4.42 Å². The van der Waals surface area contributed by atoms with E-state index in [1.54, 1.807) is 6.26 Å². The second-order valence-corrected chi connectivity index (χ2v) is 5.29. The number of furan rings is 1. The van der Waals surface area contributed by atoms with Gasteiger partial charge in [-0.15, -0.1) is 0 Å². The average Bonchev–Trinajstić information content (AvgIpc) is 2.99. The van der Waals surface area contributed by atoms with Gasteiger partial charge in [-0.25, -0.2) is 0 Å². The van der Waals surface area contributed by atoms with Crippen LogP contribution < -0.4 is 10.6 Å². The summed E-state index contributed by atoms with van der Waals surface area (Å²) in [6.07, 6.45) is 3.60. The highest BCUT2D eigenvalue weighted by atomic mass is 79.9. The van der Waals surface area contributed by atoms with E-state index in [1.807, 2.05) is 18.2 Å². The van der Waals surface area contributed by atoms with Crippen molar-refractivity contribution >= 4 is 38.5 Å². The Labute approximate surface area is 113 Å². The van der Waals surface area contributed by atoms with Gasteiger partial charge in [0.15, 0.2) is 0 Å². The number of hydrogen-bond acceptors (Lipinski definition) is 3. The molecule has 2 aromatic rings. The van der Waals surface area contributed by atoms with Crippen molar-refractivity contribution in [3.05, 3.63) is 28.9 Å². The number of amides is 1. The summed E-state index contributed by atoms with van der Waals surface area (Å²) in [5.74, 6) is 0.0299. The molecule has 0 aliphatic carbocycles. The molecule has 1 amide bonds. The summed E-state index contributed by atoms with van der Waals surface area (Å²) in [7, 11) is 0. The number of carbonyl (C=O) groups is 1. The quantitative estimate of drug-likeness (QED) is 0.897. The zero-order chi connectivity index (χ0) is 12.5. The Balaban J connectivity index is 1.83. The van der Waals surface area contributed by atoms with E-state index in [-0.39, 0.29) is 11.9 Å². The van der Waals surface area contributed by atoms with Crippen LogP contribution in [-0.4, -0.2) is 18.5 Å². The molecule has 1 aliphatic rings. The standard InChI is InChI=1S/C13H13BrN2O2/c14-10-7-9(6-8-3-5-18-12(8)10)16-13(17)11-2-1-4-15-11/h3,5-7,11,15H,1-2,4H2,(H,16,17)/t11-/m1/s1. The van der Waals surface area contributed by atoms with E-state index in [2.05, 4.69) is 26.6 Å². The smallest absolute Gasteiger partial charge is 0.241 e. The lowest BCUT2D eigenvalue weighted by Crippen LogP contribution is -2.35. The zero-order valence-electron chi connectivity index (χ0n) is 9.70. The molecule has 5 heteroatoms. The van der Waals surface area contributed by atoms with Crippen LogP contribution in [0.4, 0.5) is 5.69 Å². The van der Waals surface area contributed by atoms with Gasteiger partial charge in [0.05, 0.1) is 16.8 Å². The highest BCUT2D eigenvalue weighted by Crippen LogP contribution is 2.29. The van der Waals surface area contributed by atoms with Crippen LogP contribution in [0, 0.1) is 0 Å². The number of hydrogen-bond donors (Lipinski definition) is 2. The summed E-state index contributed by atoms with van der Waals surface area (Å²) in [4.78, 5) is 12.0. The minimum atomic E-state index is -0.0659. The molecule has 1 saturated heterocycles. The van der Waals surface area contributed by atoms with Gasteiger partial charge in [-0.05, 0) is 53.5 Å². The van der Waals surface area contributed by atoms with E-state index in [0.29, 0.717) is 0 Å². The van der Waals surface area contributed by atoms with Gasteiger partial charge in [0.2, 0.25) is 5.91 Å². The maximum atomic E-state index is 12.0. The Bertz CT molecular complexity index is 588. The second-order valence-electron chi connectivity index (χ2n) is 4.44. The van der Waals surface area contributed by atoms with Crippen LogP contribution in [0.1, 0.15) is 12.8 Å². The second kappa shape index (κ2) is 4.74. The lowest BCUT2D eigenvalue weighted by atomic mass is 10.2. The normalized spacial score (nSPS) is 19.3. The molecular weight excluding hydrogens is 296 g/mol. The number of benzene rings is 1. The third-order valence-corrected chi connectivity index (χ3v) is 3.74. The van der Waals surface area contributed by atoms with Crippen LogP contribution in [0.25, 0.3) is 11.0 Å². The molecule has 0 bridgehead atoms. The molecule has 0 saturated carbocycles. The first kappa shape index (κ1) is 11.7. The molecule has 0 spiro atoms. The van der Waals surface area contributed by atoms with E-state index in [0.717, 1.165) is 40.5 Å². The lowest BCUT2D eigenvalue weighted by molar-refractivity contribution is -0.117. The molecule has 3 rings (SSSR count). The molecule has 1 aliphatic heterocycles.